The molecule has 1 aromatic rings. The van der Waals surface area contributed by atoms with Crippen molar-refractivity contribution in [1.29, 1.82) is 0 Å². The monoisotopic (exact) mass is 212 g/mol. The Morgan fingerprint density at radius 1 is 1.60 bits per heavy atom. The van der Waals surface area contributed by atoms with E-state index >= 15 is 0 Å². The summed E-state index contributed by atoms with van der Waals surface area (Å²) in [5, 5.41) is 6.59. The van der Waals surface area contributed by atoms with Crippen molar-refractivity contribution in [1.82, 2.24) is 20.4 Å². The van der Waals surface area contributed by atoms with Crippen LogP contribution in [0, 0.1) is 6.92 Å². The van der Waals surface area contributed by atoms with Gasteiger partial charge in [0.05, 0.1) is 13.1 Å². The highest BCUT2D eigenvalue weighted by molar-refractivity contribution is 5.77. The molecular formula is C9H16N4O2. The third-order valence-corrected chi connectivity index (χ3v) is 2.02. The van der Waals surface area contributed by atoms with Crippen molar-refractivity contribution in [3.8, 4) is 0 Å². The summed E-state index contributed by atoms with van der Waals surface area (Å²) in [5.41, 5.74) is 0. The molecule has 0 fully saturated rings. The highest BCUT2D eigenvalue weighted by atomic mass is 16.5. The Bertz CT molecular complexity index is 324. The Morgan fingerprint density at radius 2 is 2.33 bits per heavy atom. The third kappa shape index (κ3) is 3.67. The van der Waals surface area contributed by atoms with Gasteiger partial charge in [0.15, 0.2) is 5.82 Å². The van der Waals surface area contributed by atoms with Crippen LogP contribution in [0.1, 0.15) is 18.6 Å². The Balaban J connectivity index is 2.24. The van der Waals surface area contributed by atoms with Gasteiger partial charge in [0.25, 0.3) is 0 Å². The summed E-state index contributed by atoms with van der Waals surface area (Å²) in [5.74, 6) is 1.15. The van der Waals surface area contributed by atoms with Crippen LogP contribution in [-0.4, -0.2) is 41.1 Å². The smallest absolute Gasteiger partial charge is 0.240 e. The molecule has 1 amide bonds. The lowest BCUT2D eigenvalue weighted by Gasteiger charge is -2.13. The van der Waals surface area contributed by atoms with E-state index in [0.717, 1.165) is 0 Å². The Kier molecular flexibility index (Phi) is 4.23. The molecule has 0 aromatic carbocycles. The van der Waals surface area contributed by atoms with Crippen molar-refractivity contribution >= 4 is 5.91 Å². The summed E-state index contributed by atoms with van der Waals surface area (Å²) in [7, 11) is 1.76. The van der Waals surface area contributed by atoms with Gasteiger partial charge in [0.2, 0.25) is 11.8 Å². The topological polar surface area (TPSA) is 71.3 Å². The second-order valence-corrected chi connectivity index (χ2v) is 3.25. The second kappa shape index (κ2) is 5.45. The number of carbonyl (C=O) groups is 1. The second-order valence-electron chi connectivity index (χ2n) is 3.25. The molecule has 0 aliphatic heterocycles. The van der Waals surface area contributed by atoms with E-state index in [1.165, 1.54) is 0 Å². The highest BCUT2D eigenvalue weighted by Gasteiger charge is 2.07. The van der Waals surface area contributed by atoms with Crippen molar-refractivity contribution in [2.45, 2.75) is 20.4 Å². The predicted molar refractivity (Wildman–Crippen MR) is 54.1 cm³/mol. The number of carbonyl (C=O) groups excluding carboxylic acids is 1. The molecule has 15 heavy (non-hydrogen) atoms. The zero-order valence-corrected chi connectivity index (χ0v) is 9.28. The number of likely N-dealkylation sites (N-methyl/N-ethyl adjacent to an activating group) is 1. The first-order valence-corrected chi connectivity index (χ1v) is 4.87. The summed E-state index contributed by atoms with van der Waals surface area (Å²) in [6.45, 7) is 5.10. The molecule has 0 saturated carbocycles. The van der Waals surface area contributed by atoms with Gasteiger partial charge in [0, 0.05) is 13.6 Å². The van der Waals surface area contributed by atoms with E-state index in [9.17, 15) is 4.79 Å². The van der Waals surface area contributed by atoms with Gasteiger partial charge >= 0.3 is 0 Å². The molecule has 0 bridgehead atoms. The molecule has 0 radical (unpaired) electrons. The van der Waals surface area contributed by atoms with E-state index < -0.39 is 0 Å². The third-order valence-electron chi connectivity index (χ3n) is 2.02. The van der Waals surface area contributed by atoms with E-state index in [2.05, 4.69) is 15.5 Å². The number of amides is 1. The van der Waals surface area contributed by atoms with Crippen molar-refractivity contribution in [3.05, 3.63) is 11.7 Å². The summed E-state index contributed by atoms with van der Waals surface area (Å²) in [6.07, 6.45) is 0. The first-order chi connectivity index (χ1) is 7.13. The van der Waals surface area contributed by atoms with Crippen LogP contribution in [-0.2, 0) is 11.3 Å². The van der Waals surface area contributed by atoms with Crippen LogP contribution in [0.5, 0.6) is 0 Å². The van der Waals surface area contributed by atoms with Crippen molar-refractivity contribution in [2.75, 3.05) is 20.1 Å². The van der Waals surface area contributed by atoms with E-state index in [0.29, 0.717) is 24.8 Å². The van der Waals surface area contributed by atoms with E-state index in [1.54, 1.807) is 18.9 Å². The molecule has 6 nitrogen and oxygen atoms in total. The molecule has 1 aromatic heterocycles. The first-order valence-electron chi connectivity index (χ1n) is 4.87. The maximum atomic E-state index is 11.4. The molecule has 84 valence electrons. The van der Waals surface area contributed by atoms with Crippen molar-refractivity contribution in [3.63, 3.8) is 0 Å². The molecule has 0 saturated heterocycles. The normalized spacial score (nSPS) is 10.3. The van der Waals surface area contributed by atoms with Crippen LogP contribution in [0.15, 0.2) is 4.52 Å². The van der Waals surface area contributed by atoms with Gasteiger partial charge in [-0.15, -0.1) is 0 Å². The number of hydrogen-bond acceptors (Lipinski definition) is 5. The maximum Gasteiger partial charge on any atom is 0.240 e. The lowest BCUT2D eigenvalue weighted by molar-refractivity contribution is -0.128. The predicted octanol–water partition coefficient (Wildman–Crippen LogP) is -0.0541. The number of nitrogens with one attached hydrogen (secondary N) is 1. The van der Waals surface area contributed by atoms with Gasteiger partial charge in [-0.25, -0.2) is 0 Å². The fraction of sp³-hybridized carbons (Fsp3) is 0.667. The minimum Gasteiger partial charge on any atom is -0.345 e. The van der Waals surface area contributed by atoms with Crippen LogP contribution >= 0.6 is 0 Å². The van der Waals surface area contributed by atoms with Crippen molar-refractivity contribution < 1.29 is 9.32 Å². The fourth-order valence-corrected chi connectivity index (χ4v) is 1.000. The molecule has 0 spiro atoms. The summed E-state index contributed by atoms with van der Waals surface area (Å²) in [4.78, 5) is 17.0. The van der Waals surface area contributed by atoms with Gasteiger partial charge in [-0.05, 0) is 13.8 Å². The Labute approximate surface area is 88.6 Å². The van der Waals surface area contributed by atoms with Crippen LogP contribution in [0.25, 0.3) is 0 Å². The molecule has 0 aliphatic carbocycles. The standard InChI is InChI=1S/C9H16N4O2/c1-4-13(3)9(14)6-10-5-8-11-7(2)12-15-8/h10H,4-6H2,1-3H3. The zero-order valence-electron chi connectivity index (χ0n) is 9.28. The first kappa shape index (κ1) is 11.6. The number of hydrogen-bond donors (Lipinski definition) is 1. The number of rotatable bonds is 5. The largest absolute Gasteiger partial charge is 0.345 e. The molecule has 0 atom stereocenters. The SMILES string of the molecule is CCN(C)C(=O)CNCc1nc(C)no1. The number of nitrogens with zero attached hydrogens (tertiary/aromatic N) is 3. The van der Waals surface area contributed by atoms with Crippen molar-refractivity contribution in [2.24, 2.45) is 0 Å². The highest BCUT2D eigenvalue weighted by Crippen LogP contribution is 1.94. The fourth-order valence-electron chi connectivity index (χ4n) is 1.000. The van der Waals surface area contributed by atoms with Gasteiger partial charge < -0.3 is 9.42 Å². The molecule has 0 unspecified atom stereocenters. The van der Waals surface area contributed by atoms with E-state index in [1.807, 2.05) is 6.92 Å². The number of aryl methyl sites for hydroxylation is 1. The average Bonchev–Trinajstić information content (AvgIpc) is 2.63. The van der Waals surface area contributed by atoms with E-state index in [4.69, 9.17) is 4.52 Å². The van der Waals surface area contributed by atoms with Gasteiger partial charge in [-0.1, -0.05) is 5.16 Å². The molecular weight excluding hydrogens is 196 g/mol. The Morgan fingerprint density at radius 3 is 2.87 bits per heavy atom. The molecule has 6 heteroatoms. The van der Waals surface area contributed by atoms with Crippen LogP contribution < -0.4 is 5.32 Å². The van der Waals surface area contributed by atoms with Gasteiger partial charge in [-0.2, -0.15) is 4.98 Å². The molecule has 0 aliphatic rings. The van der Waals surface area contributed by atoms with Crippen LogP contribution in [0.4, 0.5) is 0 Å². The minimum atomic E-state index is 0.0498. The maximum absolute atomic E-state index is 11.4. The van der Waals surface area contributed by atoms with Crippen LogP contribution in [0.3, 0.4) is 0 Å². The molecule has 1 N–H and O–H groups in total. The molecule has 1 heterocycles. The van der Waals surface area contributed by atoms with Crippen LogP contribution in [0.2, 0.25) is 0 Å². The van der Waals surface area contributed by atoms with E-state index in [-0.39, 0.29) is 12.5 Å². The zero-order chi connectivity index (χ0) is 11.3. The lowest BCUT2D eigenvalue weighted by atomic mass is 10.5. The van der Waals surface area contributed by atoms with Gasteiger partial charge in [0.1, 0.15) is 0 Å². The number of aromatic nitrogens is 2. The quantitative estimate of drug-likeness (QED) is 0.740. The minimum absolute atomic E-state index is 0.0498. The summed E-state index contributed by atoms with van der Waals surface area (Å²) >= 11 is 0. The van der Waals surface area contributed by atoms with Gasteiger partial charge in [-0.3, -0.25) is 10.1 Å². The molecule has 1 rings (SSSR count). The summed E-state index contributed by atoms with van der Waals surface area (Å²) in [6, 6.07) is 0. The summed E-state index contributed by atoms with van der Waals surface area (Å²) < 4.78 is 4.88. The average molecular weight is 212 g/mol. The Hall–Kier alpha value is -1.43. The lowest BCUT2D eigenvalue weighted by Crippen LogP contribution is -2.35.